The Labute approximate surface area is 185 Å². The summed E-state index contributed by atoms with van der Waals surface area (Å²) in [7, 11) is 0. The molecule has 1 saturated carbocycles. The van der Waals surface area contributed by atoms with Crippen LogP contribution in [0.15, 0.2) is 48.5 Å². The van der Waals surface area contributed by atoms with E-state index in [1.807, 2.05) is 23.5 Å². The number of halogens is 3. The van der Waals surface area contributed by atoms with Crippen LogP contribution in [0.2, 0.25) is 0 Å². The van der Waals surface area contributed by atoms with Gasteiger partial charge in [0.1, 0.15) is 0 Å². The summed E-state index contributed by atoms with van der Waals surface area (Å²) in [5.74, 6) is -0.698. The molecule has 0 aliphatic heterocycles. The monoisotopic (exact) mass is 444 g/mol. The molecule has 0 saturated heterocycles. The number of fused-ring (bicyclic) bond motifs is 1. The molecule has 1 fully saturated rings. The molecule has 2 N–H and O–H groups in total. The molecule has 1 aromatic heterocycles. The first-order valence-electron chi connectivity index (χ1n) is 10.7. The second-order valence-corrected chi connectivity index (χ2v) is 9.52. The summed E-state index contributed by atoms with van der Waals surface area (Å²) in [5, 5.41) is 5.19. The van der Waals surface area contributed by atoms with Crippen molar-refractivity contribution in [1.29, 1.82) is 0 Å². The molecule has 4 rings (SSSR count). The van der Waals surface area contributed by atoms with Gasteiger partial charge in [-0.25, -0.2) is 4.98 Å². The third-order valence-electron chi connectivity index (χ3n) is 5.98. The summed E-state index contributed by atoms with van der Waals surface area (Å²) < 4.78 is 39.7. The van der Waals surface area contributed by atoms with Crippen LogP contribution in [0.25, 0.3) is 11.0 Å². The molecule has 8 heteroatoms. The Morgan fingerprint density at radius 1 is 1.06 bits per heavy atom. The highest BCUT2D eigenvalue weighted by Gasteiger charge is 2.38. The molecule has 2 atom stereocenters. The van der Waals surface area contributed by atoms with E-state index in [1.165, 1.54) is 18.6 Å². The molecule has 170 valence electrons. The number of carbonyl (C=O) groups is 1. The number of nitrogens with zero attached hydrogens (tertiary/aromatic N) is 2. The largest absolute Gasteiger partial charge is 0.471 e. The lowest BCUT2D eigenvalue weighted by Crippen LogP contribution is -2.30. The molecular formula is C24H27F3N4O. The average molecular weight is 445 g/mol. The quantitative estimate of drug-likeness (QED) is 0.473. The fourth-order valence-electron chi connectivity index (χ4n) is 4.96. The second kappa shape index (κ2) is 8.15. The predicted octanol–water partition coefficient (Wildman–Crippen LogP) is 6.67. The van der Waals surface area contributed by atoms with Crippen LogP contribution in [0.5, 0.6) is 0 Å². The van der Waals surface area contributed by atoms with E-state index in [-0.39, 0.29) is 17.1 Å². The number of imidazole rings is 1. The minimum atomic E-state index is -4.92. The molecule has 1 amide bonds. The molecular weight excluding hydrogens is 417 g/mol. The van der Waals surface area contributed by atoms with Crippen LogP contribution < -0.4 is 10.6 Å². The fraction of sp³-hybridized carbons (Fsp3) is 0.417. The molecule has 0 spiro atoms. The van der Waals surface area contributed by atoms with Crippen molar-refractivity contribution in [2.45, 2.75) is 52.3 Å². The number of hydrogen-bond acceptors (Lipinski definition) is 3. The first-order chi connectivity index (χ1) is 15.0. The van der Waals surface area contributed by atoms with Gasteiger partial charge in [-0.3, -0.25) is 4.79 Å². The van der Waals surface area contributed by atoms with Crippen LogP contribution in [-0.2, 0) is 4.79 Å². The van der Waals surface area contributed by atoms with Crippen molar-refractivity contribution in [3.63, 3.8) is 0 Å². The zero-order chi connectivity index (χ0) is 23.1. The van der Waals surface area contributed by atoms with Gasteiger partial charge in [0.25, 0.3) is 0 Å². The van der Waals surface area contributed by atoms with Crippen LogP contribution in [0.1, 0.15) is 46.1 Å². The number of rotatable bonds is 4. The van der Waals surface area contributed by atoms with Crippen molar-refractivity contribution >= 4 is 34.3 Å². The maximum absolute atomic E-state index is 12.5. The van der Waals surface area contributed by atoms with Gasteiger partial charge < -0.3 is 15.2 Å². The van der Waals surface area contributed by atoms with Crippen LogP contribution >= 0.6 is 0 Å². The van der Waals surface area contributed by atoms with Gasteiger partial charge in [0, 0.05) is 17.4 Å². The van der Waals surface area contributed by atoms with Crippen molar-refractivity contribution < 1.29 is 18.0 Å². The van der Waals surface area contributed by atoms with Crippen molar-refractivity contribution in [3.05, 3.63) is 48.5 Å². The zero-order valence-corrected chi connectivity index (χ0v) is 18.3. The minimum Gasteiger partial charge on any atom is -0.326 e. The number of para-hydroxylation sites is 2. The van der Waals surface area contributed by atoms with Crippen LogP contribution in [0.3, 0.4) is 0 Å². The Bertz CT molecular complexity index is 1120. The van der Waals surface area contributed by atoms with Gasteiger partial charge in [0.2, 0.25) is 5.95 Å². The maximum atomic E-state index is 12.5. The molecule has 0 radical (unpaired) electrons. The van der Waals surface area contributed by atoms with Crippen molar-refractivity contribution in [2.75, 3.05) is 10.6 Å². The summed E-state index contributed by atoms with van der Waals surface area (Å²) in [5.41, 5.74) is 2.92. The van der Waals surface area contributed by atoms with E-state index in [2.05, 4.69) is 36.7 Å². The van der Waals surface area contributed by atoms with Gasteiger partial charge in [0.05, 0.1) is 11.0 Å². The number of nitrogens with one attached hydrogen (secondary N) is 2. The molecule has 1 heterocycles. The topological polar surface area (TPSA) is 59.0 Å². The number of amides is 1. The van der Waals surface area contributed by atoms with Crippen molar-refractivity contribution in [1.82, 2.24) is 9.55 Å². The zero-order valence-electron chi connectivity index (χ0n) is 18.3. The standard InChI is InChI=1S/C24H27F3N4O/c1-15-12-18(14-23(2,3)13-15)31-20-7-5-4-6-19(20)30-22(31)29-17-10-8-16(9-11-17)28-21(32)24(25,26)27/h4-11,15,18H,12-14H2,1-3H3,(H,28,32)(H,29,30). The van der Waals surface area contributed by atoms with E-state index in [9.17, 15) is 18.0 Å². The van der Waals surface area contributed by atoms with Gasteiger partial charge in [-0.05, 0) is 67.0 Å². The molecule has 0 bridgehead atoms. The summed E-state index contributed by atoms with van der Waals surface area (Å²) in [6, 6.07) is 14.4. The van der Waals surface area contributed by atoms with Gasteiger partial charge in [0.15, 0.2) is 0 Å². The molecule has 1 aliphatic rings. The number of benzene rings is 2. The SMILES string of the molecule is CC1CC(n2c(Nc3ccc(NC(=O)C(F)(F)F)cc3)nc3ccccc32)CC(C)(C)C1. The highest BCUT2D eigenvalue weighted by atomic mass is 19.4. The van der Waals surface area contributed by atoms with E-state index in [1.54, 1.807) is 12.1 Å². The van der Waals surface area contributed by atoms with Gasteiger partial charge in [-0.15, -0.1) is 0 Å². The number of alkyl halides is 3. The smallest absolute Gasteiger partial charge is 0.326 e. The Morgan fingerprint density at radius 2 is 1.72 bits per heavy atom. The van der Waals surface area contributed by atoms with Crippen molar-refractivity contribution in [3.8, 4) is 0 Å². The second-order valence-electron chi connectivity index (χ2n) is 9.52. The Kier molecular flexibility index (Phi) is 5.65. The van der Waals surface area contributed by atoms with Gasteiger partial charge in [-0.2, -0.15) is 13.2 Å². The summed E-state index contributed by atoms with van der Waals surface area (Å²) in [4.78, 5) is 15.9. The number of carbonyl (C=O) groups excluding carboxylic acids is 1. The lowest BCUT2D eigenvalue weighted by Gasteiger charge is -2.40. The maximum Gasteiger partial charge on any atom is 0.471 e. The van der Waals surface area contributed by atoms with E-state index in [0.717, 1.165) is 23.9 Å². The van der Waals surface area contributed by atoms with Crippen LogP contribution in [0, 0.1) is 11.3 Å². The first-order valence-corrected chi connectivity index (χ1v) is 10.7. The van der Waals surface area contributed by atoms with Crippen LogP contribution in [0.4, 0.5) is 30.5 Å². The van der Waals surface area contributed by atoms with E-state index in [4.69, 9.17) is 4.98 Å². The molecule has 5 nitrogen and oxygen atoms in total. The Balaban J connectivity index is 1.62. The first kappa shape index (κ1) is 22.2. The van der Waals surface area contributed by atoms with Gasteiger partial charge >= 0.3 is 12.1 Å². The highest BCUT2D eigenvalue weighted by Crippen LogP contribution is 2.46. The average Bonchev–Trinajstić information content (AvgIpc) is 3.05. The minimum absolute atomic E-state index is 0.0780. The van der Waals surface area contributed by atoms with E-state index in [0.29, 0.717) is 17.6 Å². The number of aromatic nitrogens is 2. The molecule has 2 aromatic carbocycles. The normalized spacial score (nSPS) is 20.8. The third kappa shape index (κ3) is 4.74. The Morgan fingerprint density at radius 3 is 2.38 bits per heavy atom. The summed E-state index contributed by atoms with van der Waals surface area (Å²) in [6.45, 7) is 6.89. The van der Waals surface area contributed by atoms with Gasteiger partial charge in [-0.1, -0.05) is 32.9 Å². The molecule has 1 aliphatic carbocycles. The number of anilines is 3. The molecule has 3 aromatic rings. The summed E-state index contributed by atoms with van der Waals surface area (Å²) >= 11 is 0. The third-order valence-corrected chi connectivity index (χ3v) is 5.98. The predicted molar refractivity (Wildman–Crippen MR) is 120 cm³/mol. The summed E-state index contributed by atoms with van der Waals surface area (Å²) in [6.07, 6.45) is -1.65. The lowest BCUT2D eigenvalue weighted by atomic mass is 9.70. The van der Waals surface area contributed by atoms with E-state index >= 15 is 0 Å². The highest BCUT2D eigenvalue weighted by molar-refractivity contribution is 5.95. The molecule has 2 unspecified atom stereocenters. The lowest BCUT2D eigenvalue weighted by molar-refractivity contribution is -0.167. The Hall–Kier alpha value is -3.03. The van der Waals surface area contributed by atoms with Crippen molar-refractivity contribution in [2.24, 2.45) is 11.3 Å². The number of hydrogen-bond donors (Lipinski definition) is 2. The van der Waals surface area contributed by atoms with Crippen LogP contribution in [-0.4, -0.2) is 21.6 Å². The van der Waals surface area contributed by atoms with E-state index < -0.39 is 12.1 Å². The fourth-order valence-corrected chi connectivity index (χ4v) is 4.96. The molecule has 32 heavy (non-hydrogen) atoms.